The molecule has 1 radical (unpaired) electrons. The Kier molecular flexibility index (Phi) is 10.9. The van der Waals surface area contributed by atoms with E-state index in [9.17, 15) is 39.5 Å². The average Bonchev–Trinajstić information content (AvgIpc) is 4.14. The third-order valence-electron chi connectivity index (χ3n) is 10.1. The molecule has 0 saturated carbocycles. The predicted molar refractivity (Wildman–Crippen MR) is 198 cm³/mol. The van der Waals surface area contributed by atoms with Gasteiger partial charge >= 0.3 is 17.1 Å². The number of halogens is 15. The van der Waals surface area contributed by atoms with Gasteiger partial charge in [0.25, 0.3) is 0 Å². The van der Waals surface area contributed by atoms with E-state index in [2.05, 4.69) is 19.9 Å². The van der Waals surface area contributed by atoms with Gasteiger partial charge in [0.2, 0.25) is 17.5 Å². The molecular weight excluding hydrogens is 933 g/mol. The number of benzene rings is 4. The van der Waals surface area contributed by atoms with E-state index in [4.69, 9.17) is 0 Å². The minimum absolute atomic E-state index is 0. The summed E-state index contributed by atoms with van der Waals surface area (Å²) in [6.45, 7) is 0. The summed E-state index contributed by atoms with van der Waals surface area (Å²) >= 11 is 0. The normalized spacial score (nSPS) is 12.0. The van der Waals surface area contributed by atoms with Crippen LogP contribution in [0.25, 0.3) is 90.9 Å². The van der Waals surface area contributed by atoms with Crippen LogP contribution in [0, 0.1) is 87.3 Å². The Morgan fingerprint density at radius 2 is 0.500 bits per heavy atom. The van der Waals surface area contributed by atoms with Gasteiger partial charge in [-0.25, -0.2) is 75.8 Å². The summed E-state index contributed by atoms with van der Waals surface area (Å²) in [5, 5.41) is 0. The van der Waals surface area contributed by atoms with E-state index >= 15 is 26.3 Å². The molecule has 0 atom stereocenters. The topological polar surface area (TPSA) is 54.0 Å². The molecule has 0 unspecified atom stereocenters. The Morgan fingerprint density at radius 3 is 0.781 bits per heavy atom. The quantitative estimate of drug-likeness (QED) is 0.0763. The van der Waals surface area contributed by atoms with Gasteiger partial charge in [0.05, 0.1) is 39.5 Å². The first-order valence-electron chi connectivity index (χ1n) is 17.7. The van der Waals surface area contributed by atoms with E-state index in [-0.39, 0.29) is 39.4 Å². The molecule has 4 nitrogen and oxygen atoms in total. The average molecular weight is 946 g/mol. The van der Waals surface area contributed by atoms with Crippen molar-refractivity contribution in [3.63, 3.8) is 0 Å². The molecule has 64 heavy (non-hydrogen) atoms. The van der Waals surface area contributed by atoms with E-state index < -0.39 is 154 Å². The summed E-state index contributed by atoms with van der Waals surface area (Å²) in [5.74, 6) is -36.9. The predicted octanol–water partition coefficient (Wildman–Crippen LogP) is 12.7. The molecule has 2 aliphatic rings. The molecule has 0 aliphatic carbocycles. The van der Waals surface area contributed by atoms with Gasteiger partial charge < -0.3 is 9.97 Å². The van der Waals surface area contributed by atoms with E-state index in [1.165, 1.54) is 36.4 Å². The maximum absolute atomic E-state index is 15.8. The molecule has 8 bridgehead atoms. The Bertz CT molecular complexity index is 3260. The van der Waals surface area contributed by atoms with Crippen molar-refractivity contribution in [1.82, 2.24) is 19.9 Å². The minimum atomic E-state index is -2.62. The van der Waals surface area contributed by atoms with E-state index in [0.29, 0.717) is 0 Å². The maximum atomic E-state index is 15.8. The van der Waals surface area contributed by atoms with Crippen LogP contribution in [0.3, 0.4) is 0 Å². The second-order valence-corrected chi connectivity index (χ2v) is 13.6. The third kappa shape index (κ3) is 6.49. The second kappa shape index (κ2) is 15.9. The van der Waals surface area contributed by atoms with Crippen molar-refractivity contribution in [2.75, 3.05) is 0 Å². The summed E-state index contributed by atoms with van der Waals surface area (Å²) in [7, 11) is 0. The molecule has 9 rings (SSSR count). The molecular formula is C44H13CuF15N4. The molecule has 325 valence electrons. The van der Waals surface area contributed by atoms with Crippen molar-refractivity contribution >= 4 is 46.4 Å². The third-order valence-corrected chi connectivity index (χ3v) is 10.1. The Balaban J connectivity index is 0.00000560. The molecule has 2 aliphatic heterocycles. The van der Waals surface area contributed by atoms with Crippen LogP contribution in [-0.2, 0) is 17.1 Å². The van der Waals surface area contributed by atoms with Crippen molar-refractivity contribution in [3.8, 4) is 44.5 Å². The number of hydrogen-bond acceptors (Lipinski definition) is 2. The summed E-state index contributed by atoms with van der Waals surface area (Å²) in [5.41, 5.74) is -12.4. The fraction of sp³-hybridized carbons (Fsp3) is 0. The molecule has 0 spiro atoms. The molecule has 0 saturated heterocycles. The van der Waals surface area contributed by atoms with Crippen LogP contribution < -0.4 is 9.97 Å². The Morgan fingerprint density at radius 1 is 0.266 bits per heavy atom. The van der Waals surface area contributed by atoms with E-state index in [1.807, 2.05) is 0 Å². The zero-order valence-corrected chi connectivity index (χ0v) is 31.7. The number of rotatable bonds is 4. The van der Waals surface area contributed by atoms with Crippen LogP contribution in [0.5, 0.6) is 0 Å². The van der Waals surface area contributed by atoms with Crippen molar-refractivity contribution in [1.29, 1.82) is 0 Å². The first kappa shape index (κ1) is 43.6. The van der Waals surface area contributed by atoms with Crippen LogP contribution in [0.4, 0.5) is 65.9 Å². The second-order valence-electron chi connectivity index (χ2n) is 13.6. The number of nitrogens with zero attached hydrogens (tertiary/aromatic N) is 4. The molecule has 3 aromatic heterocycles. The molecule has 4 aromatic carbocycles. The van der Waals surface area contributed by atoms with Crippen LogP contribution in [0.1, 0.15) is 22.8 Å². The standard InChI is InChI=1S/C44H13F15N4.Cu/c45-30-27(31(46)37(52)42(57)36(30)51)24-17-8-6-15(60-17)23(14-4-2-1-3-5-14)16-7-9-18(61-16)25(28-32(47)38(53)43(58)39(54)33(28)48)20-11-13-22(63-20)26(21-12-10-19(24)62-21)29-34(49)40(55)44(59)41(56)35(29)50;/h1-13H;/q-2;+2. The van der Waals surface area contributed by atoms with Gasteiger partial charge in [-0.1, -0.05) is 54.6 Å². The summed E-state index contributed by atoms with van der Waals surface area (Å²) in [4.78, 5) is 17.0. The van der Waals surface area contributed by atoms with Crippen LogP contribution >= 0.6 is 0 Å². The largest absolute Gasteiger partial charge is 2.00 e. The number of hydrogen-bond donors (Lipinski definition) is 0. The van der Waals surface area contributed by atoms with Crippen molar-refractivity contribution in [3.05, 3.63) is 165 Å². The van der Waals surface area contributed by atoms with Crippen LogP contribution in [-0.4, -0.2) is 9.97 Å². The van der Waals surface area contributed by atoms with Gasteiger partial charge in [-0.3, -0.25) is 0 Å². The van der Waals surface area contributed by atoms with Gasteiger partial charge in [-0.05, 0) is 52.1 Å². The minimum Gasteiger partial charge on any atom is -0.657 e. The molecule has 5 heterocycles. The Hall–Kier alpha value is -7.05. The van der Waals surface area contributed by atoms with Crippen molar-refractivity contribution < 1.29 is 82.9 Å². The first-order chi connectivity index (χ1) is 30.0. The zero-order valence-electron chi connectivity index (χ0n) is 30.8. The smallest absolute Gasteiger partial charge is 0.657 e. The van der Waals surface area contributed by atoms with Crippen LogP contribution in [0.2, 0.25) is 0 Å². The van der Waals surface area contributed by atoms with Gasteiger partial charge in [-0.15, -0.1) is 22.1 Å². The molecule has 0 amide bonds. The number of aromatic nitrogens is 4. The summed E-state index contributed by atoms with van der Waals surface area (Å²) < 4.78 is 227. The fourth-order valence-corrected chi connectivity index (χ4v) is 7.23. The zero-order chi connectivity index (χ0) is 44.9. The molecule has 7 aromatic rings. The van der Waals surface area contributed by atoms with E-state index in [0.717, 1.165) is 36.4 Å². The Labute approximate surface area is 357 Å². The van der Waals surface area contributed by atoms with Crippen LogP contribution in [0.15, 0.2) is 54.6 Å². The first-order valence-corrected chi connectivity index (χ1v) is 17.7. The van der Waals surface area contributed by atoms with Gasteiger partial charge in [0.15, 0.2) is 69.8 Å². The summed E-state index contributed by atoms with van der Waals surface area (Å²) in [6, 6.07) is 11.5. The SMILES string of the molecule is Fc1c(F)c(F)c(-c2c3nc(c(-c4c(F)c(F)c(F)c(F)c4F)c4ccc([n-]4)c(-c4c(F)c(F)c(F)c(F)c4F)c4nc(c(-c5ccccc5)c5ccc2[n-]5)C=C4)C=C3)c(F)c1F.[Cu+2]. The summed E-state index contributed by atoms with van der Waals surface area (Å²) in [6.07, 6.45) is 3.80. The molecule has 0 fully saturated rings. The van der Waals surface area contributed by atoms with Crippen molar-refractivity contribution in [2.24, 2.45) is 0 Å². The van der Waals surface area contributed by atoms with Gasteiger partial charge in [-0.2, -0.15) is 0 Å². The fourth-order valence-electron chi connectivity index (χ4n) is 7.23. The maximum Gasteiger partial charge on any atom is 2.00 e. The van der Waals surface area contributed by atoms with E-state index in [1.54, 1.807) is 6.07 Å². The van der Waals surface area contributed by atoms with Gasteiger partial charge in [0, 0.05) is 0 Å². The van der Waals surface area contributed by atoms with Crippen molar-refractivity contribution in [2.45, 2.75) is 0 Å². The molecule has 20 heteroatoms. The molecule has 0 N–H and O–H groups in total. The van der Waals surface area contributed by atoms with Gasteiger partial charge in [0.1, 0.15) is 0 Å². The number of fused-ring (bicyclic) bond motifs is 8. The monoisotopic (exact) mass is 945 g/mol.